The lowest BCUT2D eigenvalue weighted by Crippen LogP contribution is -2.45. The maximum Gasteiger partial charge on any atom is 0.336 e. The summed E-state index contributed by atoms with van der Waals surface area (Å²) in [6.07, 6.45) is 3.29. The van der Waals surface area contributed by atoms with Gasteiger partial charge in [0.15, 0.2) is 0 Å². The number of hydrogen-bond donors (Lipinski definition) is 1. The van der Waals surface area contributed by atoms with Gasteiger partial charge in [0.25, 0.3) is 5.56 Å². The number of hydrogen-bond acceptors (Lipinski definition) is 5. The van der Waals surface area contributed by atoms with E-state index in [1.54, 1.807) is 48.8 Å². The third-order valence-corrected chi connectivity index (χ3v) is 6.02. The van der Waals surface area contributed by atoms with Gasteiger partial charge in [-0.3, -0.25) is 23.8 Å². The Balaban J connectivity index is 1.47. The maximum atomic E-state index is 13.4. The van der Waals surface area contributed by atoms with Crippen molar-refractivity contribution in [1.29, 1.82) is 0 Å². The van der Waals surface area contributed by atoms with Crippen molar-refractivity contribution in [3.05, 3.63) is 105 Å². The molecule has 0 saturated heterocycles. The van der Waals surface area contributed by atoms with Gasteiger partial charge in [-0.25, -0.2) is 4.79 Å². The molecule has 7 nitrogen and oxygen atoms in total. The molecule has 0 amide bonds. The van der Waals surface area contributed by atoms with Crippen LogP contribution in [0.5, 0.6) is 0 Å². The van der Waals surface area contributed by atoms with Crippen molar-refractivity contribution in [3.63, 3.8) is 0 Å². The monoisotopic (exact) mass is 428 g/mol. The Hall–Kier alpha value is -3.55. The standard InChI is InChI=1S/C25H24N4O3/c30-21(16-27-13-11-18-6-1-2-7-19(18)15-27)17-28-24(31)22-9-3-4-10-23(22)29(25(28)32)20-8-5-12-26-14-20/h1-10,12,14,21,30H,11,13,15-17H2. The van der Waals surface area contributed by atoms with Gasteiger partial charge in [-0.1, -0.05) is 36.4 Å². The highest BCUT2D eigenvalue weighted by Crippen LogP contribution is 2.19. The van der Waals surface area contributed by atoms with Crippen LogP contribution in [0.2, 0.25) is 0 Å². The number of aromatic nitrogens is 3. The molecule has 162 valence electrons. The zero-order chi connectivity index (χ0) is 22.1. The average molecular weight is 428 g/mol. The van der Waals surface area contributed by atoms with Crippen LogP contribution < -0.4 is 11.2 Å². The van der Waals surface area contributed by atoms with E-state index in [4.69, 9.17) is 0 Å². The minimum Gasteiger partial charge on any atom is -0.390 e. The largest absolute Gasteiger partial charge is 0.390 e. The van der Waals surface area contributed by atoms with Crippen LogP contribution in [0, 0.1) is 0 Å². The molecule has 0 aliphatic carbocycles. The summed E-state index contributed by atoms with van der Waals surface area (Å²) in [6.45, 7) is 1.90. The van der Waals surface area contributed by atoms with E-state index in [-0.39, 0.29) is 6.54 Å². The number of β-amino-alcohol motifs (C(OH)–C–C–N with tert-alkyl or cyclic N) is 1. The highest BCUT2D eigenvalue weighted by atomic mass is 16.3. The SMILES string of the molecule is O=c1c2ccccc2n(-c2cccnc2)c(=O)n1CC(O)CN1CCc2ccccc2C1. The van der Waals surface area contributed by atoms with Crippen LogP contribution in [-0.2, 0) is 19.5 Å². The second-order valence-corrected chi connectivity index (χ2v) is 8.17. The van der Waals surface area contributed by atoms with Gasteiger partial charge < -0.3 is 5.11 Å². The molecule has 0 bridgehead atoms. The maximum absolute atomic E-state index is 13.4. The summed E-state index contributed by atoms with van der Waals surface area (Å²) >= 11 is 0. The van der Waals surface area contributed by atoms with Crippen molar-refractivity contribution < 1.29 is 5.11 Å². The van der Waals surface area contributed by atoms with Gasteiger partial charge in [0, 0.05) is 25.8 Å². The van der Waals surface area contributed by atoms with Crippen molar-refractivity contribution in [2.45, 2.75) is 25.6 Å². The first kappa shape index (κ1) is 20.4. The summed E-state index contributed by atoms with van der Waals surface area (Å²) < 4.78 is 2.62. The van der Waals surface area contributed by atoms with E-state index in [1.807, 2.05) is 12.1 Å². The molecule has 1 aliphatic heterocycles. The van der Waals surface area contributed by atoms with Crippen LogP contribution in [0.25, 0.3) is 16.6 Å². The van der Waals surface area contributed by atoms with Gasteiger partial charge in [0.2, 0.25) is 0 Å². The predicted octanol–water partition coefficient (Wildman–Crippen LogP) is 1.97. The third-order valence-electron chi connectivity index (χ3n) is 6.02. The molecule has 0 fully saturated rings. The van der Waals surface area contributed by atoms with E-state index in [9.17, 15) is 14.7 Å². The zero-order valence-corrected chi connectivity index (χ0v) is 17.6. The molecule has 32 heavy (non-hydrogen) atoms. The smallest absolute Gasteiger partial charge is 0.336 e. The van der Waals surface area contributed by atoms with Gasteiger partial charge >= 0.3 is 5.69 Å². The average Bonchev–Trinajstić information content (AvgIpc) is 2.82. The summed E-state index contributed by atoms with van der Waals surface area (Å²) in [5.74, 6) is 0. The Morgan fingerprint density at radius 2 is 1.72 bits per heavy atom. The Kier molecular flexibility index (Phi) is 5.43. The lowest BCUT2D eigenvalue weighted by Gasteiger charge is -2.30. The van der Waals surface area contributed by atoms with E-state index in [2.05, 4.69) is 22.0 Å². The van der Waals surface area contributed by atoms with Crippen LogP contribution in [0.4, 0.5) is 0 Å². The number of fused-ring (bicyclic) bond motifs is 2. The van der Waals surface area contributed by atoms with E-state index >= 15 is 0 Å². The summed E-state index contributed by atoms with van der Waals surface area (Å²) in [6, 6.07) is 18.8. The zero-order valence-electron chi connectivity index (χ0n) is 17.6. The summed E-state index contributed by atoms with van der Waals surface area (Å²) in [5.41, 5.74) is 2.81. The summed E-state index contributed by atoms with van der Waals surface area (Å²) in [7, 11) is 0. The first-order valence-corrected chi connectivity index (χ1v) is 10.7. The van der Waals surface area contributed by atoms with Gasteiger partial charge in [-0.05, 0) is 41.8 Å². The molecule has 7 heteroatoms. The number of benzene rings is 2. The molecule has 3 heterocycles. The van der Waals surface area contributed by atoms with Gasteiger partial charge in [0.1, 0.15) is 0 Å². The van der Waals surface area contributed by atoms with Crippen LogP contribution >= 0.6 is 0 Å². The Morgan fingerprint density at radius 1 is 0.938 bits per heavy atom. The second kappa shape index (κ2) is 8.53. The fraction of sp³-hybridized carbons (Fsp3) is 0.240. The molecule has 5 rings (SSSR count). The molecular formula is C25H24N4O3. The topological polar surface area (TPSA) is 80.4 Å². The van der Waals surface area contributed by atoms with E-state index in [0.717, 1.165) is 24.1 Å². The number of aliphatic hydroxyl groups is 1. The molecule has 2 aromatic heterocycles. The Bertz CT molecular complexity index is 1380. The van der Waals surface area contributed by atoms with Crippen molar-refractivity contribution in [2.24, 2.45) is 0 Å². The lowest BCUT2D eigenvalue weighted by atomic mass is 10.00. The summed E-state index contributed by atoms with van der Waals surface area (Å²) in [5, 5.41) is 11.2. The van der Waals surface area contributed by atoms with Gasteiger partial charge in [0.05, 0.1) is 35.4 Å². The first-order valence-electron chi connectivity index (χ1n) is 10.7. The fourth-order valence-corrected chi connectivity index (χ4v) is 4.48. The van der Waals surface area contributed by atoms with Crippen molar-refractivity contribution in [3.8, 4) is 5.69 Å². The quantitative estimate of drug-likeness (QED) is 0.526. The molecule has 0 radical (unpaired) electrons. The number of nitrogens with zero attached hydrogens (tertiary/aromatic N) is 4. The third kappa shape index (κ3) is 3.77. The minimum atomic E-state index is -0.853. The molecule has 1 aliphatic rings. The molecule has 1 unspecified atom stereocenters. The Morgan fingerprint density at radius 3 is 2.53 bits per heavy atom. The van der Waals surface area contributed by atoms with Crippen LogP contribution in [0.1, 0.15) is 11.1 Å². The molecule has 1 N–H and O–H groups in total. The first-order chi connectivity index (χ1) is 15.6. The lowest BCUT2D eigenvalue weighted by molar-refractivity contribution is 0.0899. The van der Waals surface area contributed by atoms with Crippen molar-refractivity contribution in [2.75, 3.05) is 13.1 Å². The molecule has 0 saturated carbocycles. The molecule has 2 aromatic carbocycles. The normalized spacial score (nSPS) is 14.9. The van der Waals surface area contributed by atoms with E-state index in [1.165, 1.54) is 15.7 Å². The molecular weight excluding hydrogens is 404 g/mol. The molecule has 1 atom stereocenters. The Labute approximate surface area is 184 Å². The highest BCUT2D eigenvalue weighted by molar-refractivity contribution is 5.79. The van der Waals surface area contributed by atoms with Crippen LogP contribution in [0.3, 0.4) is 0 Å². The van der Waals surface area contributed by atoms with Crippen LogP contribution in [-0.4, -0.2) is 43.3 Å². The number of aliphatic hydroxyl groups excluding tert-OH is 1. The van der Waals surface area contributed by atoms with Crippen molar-refractivity contribution >= 4 is 10.9 Å². The number of rotatable bonds is 5. The van der Waals surface area contributed by atoms with Crippen LogP contribution in [0.15, 0.2) is 82.6 Å². The highest BCUT2D eigenvalue weighted by Gasteiger charge is 2.21. The van der Waals surface area contributed by atoms with Gasteiger partial charge in [-0.2, -0.15) is 0 Å². The van der Waals surface area contributed by atoms with E-state index in [0.29, 0.717) is 23.1 Å². The van der Waals surface area contributed by atoms with E-state index < -0.39 is 17.4 Å². The number of pyridine rings is 1. The predicted molar refractivity (Wildman–Crippen MR) is 123 cm³/mol. The fourth-order valence-electron chi connectivity index (χ4n) is 4.48. The van der Waals surface area contributed by atoms with Gasteiger partial charge in [-0.15, -0.1) is 0 Å². The summed E-state index contributed by atoms with van der Waals surface area (Å²) in [4.78, 5) is 32.8. The van der Waals surface area contributed by atoms with Crippen molar-refractivity contribution in [1.82, 2.24) is 19.0 Å². The molecule has 4 aromatic rings. The second-order valence-electron chi connectivity index (χ2n) is 8.17. The molecule has 0 spiro atoms. The number of para-hydroxylation sites is 1. The minimum absolute atomic E-state index is 0.0685.